The number of esters is 1. The first-order valence-electron chi connectivity index (χ1n) is 11.5. The molecule has 0 unspecified atom stereocenters. The van der Waals surface area contributed by atoms with Gasteiger partial charge in [0.1, 0.15) is 17.9 Å². The van der Waals surface area contributed by atoms with Gasteiger partial charge in [-0.1, -0.05) is 49.4 Å². The van der Waals surface area contributed by atoms with E-state index < -0.39 is 0 Å². The van der Waals surface area contributed by atoms with E-state index >= 15 is 0 Å². The minimum absolute atomic E-state index is 0.116. The first kappa shape index (κ1) is 23.3. The maximum atomic E-state index is 12.0. The van der Waals surface area contributed by atoms with E-state index in [1.807, 2.05) is 48.5 Å². The summed E-state index contributed by atoms with van der Waals surface area (Å²) in [7, 11) is 0. The van der Waals surface area contributed by atoms with Crippen LogP contribution >= 0.6 is 0 Å². The molecule has 4 aromatic rings. The zero-order valence-electron chi connectivity index (χ0n) is 19.7. The Kier molecular flexibility index (Phi) is 7.12. The first-order valence-corrected chi connectivity index (χ1v) is 11.5. The SMILES string of the molecule is CCOC(=O)Cc1ccccc1OCc1cc(-c2cccc(CC)c2)c2oc(C(C)=O)cc2c1. The molecule has 0 aliphatic rings. The third-order valence-electron chi connectivity index (χ3n) is 5.68. The second-order valence-electron chi connectivity index (χ2n) is 8.16. The lowest BCUT2D eigenvalue weighted by atomic mass is 9.98. The zero-order valence-corrected chi connectivity index (χ0v) is 19.7. The molecule has 0 saturated carbocycles. The van der Waals surface area contributed by atoms with Crippen molar-refractivity contribution in [3.63, 3.8) is 0 Å². The van der Waals surface area contributed by atoms with Crippen LogP contribution in [0.3, 0.4) is 0 Å². The third-order valence-corrected chi connectivity index (χ3v) is 5.68. The molecule has 4 rings (SSSR count). The molecule has 0 bridgehead atoms. The van der Waals surface area contributed by atoms with Crippen LogP contribution in [0.25, 0.3) is 22.1 Å². The van der Waals surface area contributed by atoms with Crippen LogP contribution in [0, 0.1) is 0 Å². The molecule has 3 aromatic carbocycles. The van der Waals surface area contributed by atoms with Crippen LogP contribution in [0.5, 0.6) is 5.75 Å². The average Bonchev–Trinajstić information content (AvgIpc) is 3.28. The highest BCUT2D eigenvalue weighted by Gasteiger charge is 2.16. The van der Waals surface area contributed by atoms with Crippen LogP contribution in [0.1, 0.15) is 48.0 Å². The van der Waals surface area contributed by atoms with Crippen molar-refractivity contribution in [2.45, 2.75) is 40.2 Å². The molecule has 5 heteroatoms. The first-order chi connectivity index (χ1) is 16.5. The van der Waals surface area contributed by atoms with Gasteiger partial charge in [-0.25, -0.2) is 0 Å². The molecule has 5 nitrogen and oxygen atoms in total. The summed E-state index contributed by atoms with van der Waals surface area (Å²) in [6, 6.07) is 21.6. The van der Waals surface area contributed by atoms with Crippen molar-refractivity contribution in [2.75, 3.05) is 6.61 Å². The van der Waals surface area contributed by atoms with Gasteiger partial charge >= 0.3 is 5.97 Å². The van der Waals surface area contributed by atoms with E-state index in [9.17, 15) is 9.59 Å². The minimum atomic E-state index is -0.284. The standard InChI is InChI=1S/C29H28O5/c1-4-20-9-8-11-22(13-20)25-15-21(14-24-16-27(19(3)30)34-29(24)25)18-33-26-12-7-6-10-23(26)17-28(31)32-5-2/h6-16H,4-5,17-18H2,1-3H3. The fourth-order valence-electron chi connectivity index (χ4n) is 3.96. The number of benzene rings is 3. The summed E-state index contributed by atoms with van der Waals surface area (Å²) in [4.78, 5) is 24.0. The molecule has 0 amide bonds. The Morgan fingerprint density at radius 3 is 2.50 bits per heavy atom. The topological polar surface area (TPSA) is 65.7 Å². The van der Waals surface area contributed by atoms with Gasteiger partial charge < -0.3 is 13.9 Å². The van der Waals surface area contributed by atoms with Gasteiger partial charge in [-0.15, -0.1) is 0 Å². The Labute approximate surface area is 199 Å². The van der Waals surface area contributed by atoms with Gasteiger partial charge in [-0.05, 0) is 54.3 Å². The number of para-hydroxylation sites is 1. The highest BCUT2D eigenvalue weighted by atomic mass is 16.5. The fourth-order valence-corrected chi connectivity index (χ4v) is 3.96. The molecule has 0 spiro atoms. The van der Waals surface area contributed by atoms with E-state index in [1.165, 1.54) is 12.5 Å². The summed E-state index contributed by atoms with van der Waals surface area (Å²) in [6.45, 7) is 6.05. The number of carbonyl (C=O) groups excluding carboxylic acids is 2. The van der Waals surface area contributed by atoms with Crippen molar-refractivity contribution in [1.82, 2.24) is 0 Å². The molecule has 1 aromatic heterocycles. The molecule has 0 aliphatic heterocycles. The quantitative estimate of drug-likeness (QED) is 0.211. The predicted molar refractivity (Wildman–Crippen MR) is 132 cm³/mol. The number of carbonyl (C=O) groups is 2. The summed E-state index contributed by atoms with van der Waals surface area (Å²) in [5.41, 5.74) is 5.56. The normalized spacial score (nSPS) is 10.9. The van der Waals surface area contributed by atoms with Crippen molar-refractivity contribution >= 4 is 22.7 Å². The number of aryl methyl sites for hydroxylation is 1. The maximum Gasteiger partial charge on any atom is 0.310 e. The largest absolute Gasteiger partial charge is 0.489 e. The van der Waals surface area contributed by atoms with Crippen LogP contribution in [0.15, 0.2) is 71.1 Å². The summed E-state index contributed by atoms with van der Waals surface area (Å²) >= 11 is 0. The summed E-state index contributed by atoms with van der Waals surface area (Å²) < 4.78 is 17.2. The van der Waals surface area contributed by atoms with Gasteiger partial charge in [0.05, 0.1) is 13.0 Å². The maximum absolute atomic E-state index is 12.0. The molecule has 0 saturated heterocycles. The Morgan fingerprint density at radius 1 is 0.912 bits per heavy atom. The van der Waals surface area contributed by atoms with Crippen molar-refractivity contribution in [2.24, 2.45) is 0 Å². The van der Waals surface area contributed by atoms with E-state index in [1.54, 1.807) is 13.0 Å². The average molecular weight is 457 g/mol. The van der Waals surface area contributed by atoms with E-state index in [0.717, 1.165) is 34.1 Å². The molecule has 0 atom stereocenters. The highest BCUT2D eigenvalue weighted by molar-refractivity contribution is 6.00. The van der Waals surface area contributed by atoms with Gasteiger partial charge in [0.2, 0.25) is 0 Å². The molecule has 1 heterocycles. The number of ether oxygens (including phenoxy) is 2. The monoisotopic (exact) mass is 456 g/mol. The number of hydrogen-bond acceptors (Lipinski definition) is 5. The zero-order chi connectivity index (χ0) is 24.1. The summed E-state index contributed by atoms with van der Waals surface area (Å²) in [5, 5.41) is 0.850. The number of Topliss-reactive ketones (excluding diaryl/α,β-unsaturated/α-hetero) is 1. The van der Waals surface area contributed by atoms with E-state index in [0.29, 0.717) is 30.3 Å². The van der Waals surface area contributed by atoms with Crippen LogP contribution in [-0.4, -0.2) is 18.4 Å². The van der Waals surface area contributed by atoms with Crippen molar-refractivity contribution in [3.05, 3.63) is 89.2 Å². The van der Waals surface area contributed by atoms with Crippen molar-refractivity contribution < 1.29 is 23.5 Å². The van der Waals surface area contributed by atoms with Crippen molar-refractivity contribution in [3.8, 4) is 16.9 Å². The van der Waals surface area contributed by atoms with Crippen LogP contribution in [0.4, 0.5) is 0 Å². The number of fused-ring (bicyclic) bond motifs is 1. The summed E-state index contributed by atoms with van der Waals surface area (Å²) in [5.74, 6) is 0.575. The predicted octanol–water partition coefficient (Wildman–Crippen LogP) is 6.55. The van der Waals surface area contributed by atoms with Gasteiger partial charge in [-0.2, -0.15) is 0 Å². The lowest BCUT2D eigenvalue weighted by Gasteiger charge is -2.13. The molecular weight excluding hydrogens is 428 g/mol. The van der Waals surface area contributed by atoms with Crippen molar-refractivity contribution in [1.29, 1.82) is 0 Å². The van der Waals surface area contributed by atoms with Gasteiger partial charge in [-0.3, -0.25) is 9.59 Å². The van der Waals surface area contributed by atoms with E-state index in [-0.39, 0.29) is 18.2 Å². The molecule has 34 heavy (non-hydrogen) atoms. The number of ketones is 1. The Morgan fingerprint density at radius 2 is 1.74 bits per heavy atom. The highest BCUT2D eigenvalue weighted by Crippen LogP contribution is 2.34. The second kappa shape index (κ2) is 10.4. The smallest absolute Gasteiger partial charge is 0.310 e. The number of hydrogen-bond donors (Lipinski definition) is 0. The van der Waals surface area contributed by atoms with Crippen LogP contribution in [0.2, 0.25) is 0 Å². The fraction of sp³-hybridized carbons (Fsp3) is 0.241. The molecule has 174 valence electrons. The Hall–Kier alpha value is -3.86. The van der Waals surface area contributed by atoms with E-state index in [4.69, 9.17) is 13.9 Å². The van der Waals surface area contributed by atoms with Gasteiger partial charge in [0, 0.05) is 23.4 Å². The lowest BCUT2D eigenvalue weighted by Crippen LogP contribution is -2.09. The molecular formula is C29H28O5. The molecule has 0 N–H and O–H groups in total. The summed E-state index contributed by atoms with van der Waals surface area (Å²) in [6.07, 6.45) is 1.08. The third kappa shape index (κ3) is 5.20. The molecule has 0 aliphatic carbocycles. The second-order valence-corrected chi connectivity index (χ2v) is 8.16. The van der Waals surface area contributed by atoms with Gasteiger partial charge in [0.25, 0.3) is 0 Å². The Bertz CT molecular complexity index is 1330. The molecule has 0 radical (unpaired) electrons. The number of rotatable bonds is 9. The minimum Gasteiger partial charge on any atom is -0.489 e. The van der Waals surface area contributed by atoms with Crippen LogP contribution in [-0.2, 0) is 29.0 Å². The van der Waals surface area contributed by atoms with E-state index in [2.05, 4.69) is 19.1 Å². The molecule has 0 fully saturated rings. The van der Waals surface area contributed by atoms with Gasteiger partial charge in [0.15, 0.2) is 11.5 Å². The Balaban J connectivity index is 1.69. The number of furan rings is 1. The van der Waals surface area contributed by atoms with Crippen LogP contribution < -0.4 is 4.74 Å². The lowest BCUT2D eigenvalue weighted by molar-refractivity contribution is -0.142.